The van der Waals surface area contributed by atoms with E-state index in [2.05, 4.69) is 5.32 Å². The summed E-state index contributed by atoms with van der Waals surface area (Å²) in [7, 11) is 0. The molecule has 148 valence electrons. The maximum atomic E-state index is 13.1. The molecule has 1 unspecified atom stereocenters. The zero-order valence-electron chi connectivity index (χ0n) is 16.1. The lowest BCUT2D eigenvalue weighted by Crippen LogP contribution is -2.37. The first-order valence-corrected chi connectivity index (χ1v) is 9.54. The van der Waals surface area contributed by atoms with E-state index in [0.717, 1.165) is 25.0 Å². The minimum absolute atomic E-state index is 0.0221. The van der Waals surface area contributed by atoms with E-state index in [1.807, 2.05) is 24.3 Å². The molecule has 0 saturated carbocycles. The molecule has 2 amide bonds. The average Bonchev–Trinajstić information content (AvgIpc) is 3.20. The average molecular weight is 382 g/mol. The number of carbonyl (C=O) groups excluding carboxylic acids is 2. The van der Waals surface area contributed by atoms with Crippen molar-refractivity contribution in [3.63, 3.8) is 0 Å². The SMILES string of the molecule is CC(=O)NCc1ccc(C(=O)N(Cc2ccccc2O)CC2CCCO2)cc1. The number of para-hydroxylation sites is 1. The molecule has 28 heavy (non-hydrogen) atoms. The lowest BCUT2D eigenvalue weighted by Gasteiger charge is -2.26. The number of ether oxygens (including phenoxy) is 1. The molecule has 1 heterocycles. The summed E-state index contributed by atoms with van der Waals surface area (Å²) in [5.41, 5.74) is 2.20. The highest BCUT2D eigenvalue weighted by Gasteiger charge is 2.24. The molecule has 0 spiro atoms. The van der Waals surface area contributed by atoms with Crippen molar-refractivity contribution in [2.75, 3.05) is 13.2 Å². The Hall–Kier alpha value is -2.86. The van der Waals surface area contributed by atoms with E-state index in [1.54, 1.807) is 29.2 Å². The molecule has 1 aliphatic heterocycles. The summed E-state index contributed by atoms with van der Waals surface area (Å²) in [6.07, 6.45) is 1.95. The van der Waals surface area contributed by atoms with Gasteiger partial charge in [-0.2, -0.15) is 0 Å². The van der Waals surface area contributed by atoms with Gasteiger partial charge in [-0.1, -0.05) is 30.3 Å². The first kappa shape index (κ1) is 19.9. The van der Waals surface area contributed by atoms with E-state index in [-0.39, 0.29) is 23.7 Å². The van der Waals surface area contributed by atoms with Crippen LogP contribution in [0.5, 0.6) is 5.75 Å². The number of phenols is 1. The van der Waals surface area contributed by atoms with Gasteiger partial charge in [-0.3, -0.25) is 9.59 Å². The summed E-state index contributed by atoms with van der Waals surface area (Å²) in [6, 6.07) is 14.3. The van der Waals surface area contributed by atoms with Crippen molar-refractivity contribution in [1.29, 1.82) is 0 Å². The summed E-state index contributed by atoms with van der Waals surface area (Å²) in [6.45, 7) is 3.43. The smallest absolute Gasteiger partial charge is 0.254 e. The van der Waals surface area contributed by atoms with Gasteiger partial charge in [-0.25, -0.2) is 0 Å². The summed E-state index contributed by atoms with van der Waals surface area (Å²) >= 11 is 0. The van der Waals surface area contributed by atoms with Gasteiger partial charge < -0.3 is 20.1 Å². The van der Waals surface area contributed by atoms with Crippen molar-refractivity contribution in [1.82, 2.24) is 10.2 Å². The van der Waals surface area contributed by atoms with Crippen LogP contribution in [0.4, 0.5) is 0 Å². The third-order valence-corrected chi connectivity index (χ3v) is 4.83. The van der Waals surface area contributed by atoms with Crippen LogP contribution in [0.15, 0.2) is 48.5 Å². The van der Waals surface area contributed by atoms with Crippen molar-refractivity contribution in [2.45, 2.75) is 39.0 Å². The quantitative estimate of drug-likeness (QED) is 0.772. The summed E-state index contributed by atoms with van der Waals surface area (Å²) in [5.74, 6) is -0.0197. The van der Waals surface area contributed by atoms with Gasteiger partial charge in [0, 0.05) is 44.3 Å². The largest absolute Gasteiger partial charge is 0.508 e. The van der Waals surface area contributed by atoms with Crippen molar-refractivity contribution in [2.24, 2.45) is 0 Å². The third kappa shape index (κ3) is 5.33. The molecule has 6 nitrogen and oxygen atoms in total. The van der Waals surface area contributed by atoms with E-state index < -0.39 is 0 Å². The Morgan fingerprint density at radius 1 is 1.18 bits per heavy atom. The molecule has 2 aromatic rings. The van der Waals surface area contributed by atoms with E-state index >= 15 is 0 Å². The second kappa shape index (κ2) is 9.37. The lowest BCUT2D eigenvalue weighted by atomic mass is 10.1. The van der Waals surface area contributed by atoms with E-state index in [1.165, 1.54) is 6.92 Å². The summed E-state index contributed by atoms with van der Waals surface area (Å²) < 4.78 is 5.71. The Bertz CT molecular complexity index is 814. The second-order valence-corrected chi connectivity index (χ2v) is 7.06. The maximum Gasteiger partial charge on any atom is 0.254 e. The number of nitrogens with one attached hydrogen (secondary N) is 1. The highest BCUT2D eigenvalue weighted by molar-refractivity contribution is 5.94. The maximum absolute atomic E-state index is 13.1. The van der Waals surface area contributed by atoms with Crippen molar-refractivity contribution < 1.29 is 19.4 Å². The molecule has 0 bridgehead atoms. The molecular formula is C22H26N2O4. The van der Waals surface area contributed by atoms with Crippen molar-refractivity contribution >= 4 is 11.8 Å². The van der Waals surface area contributed by atoms with Gasteiger partial charge >= 0.3 is 0 Å². The molecule has 0 aliphatic carbocycles. The van der Waals surface area contributed by atoms with E-state index in [0.29, 0.717) is 30.8 Å². The van der Waals surface area contributed by atoms with Crippen LogP contribution in [0.2, 0.25) is 0 Å². The molecule has 1 saturated heterocycles. The molecule has 2 N–H and O–H groups in total. The van der Waals surface area contributed by atoms with Crippen molar-refractivity contribution in [3.8, 4) is 5.75 Å². The van der Waals surface area contributed by atoms with Crippen LogP contribution >= 0.6 is 0 Å². The first-order valence-electron chi connectivity index (χ1n) is 9.54. The standard InChI is InChI=1S/C22H26N2O4/c1-16(25)23-13-17-8-10-18(11-9-17)22(27)24(15-20-6-4-12-28-20)14-19-5-2-3-7-21(19)26/h2-3,5,7-11,20,26H,4,6,12-15H2,1H3,(H,23,25). The van der Waals surface area contributed by atoms with Gasteiger partial charge in [0.1, 0.15) is 5.75 Å². The molecular weight excluding hydrogens is 356 g/mol. The Morgan fingerprint density at radius 2 is 1.93 bits per heavy atom. The van der Waals surface area contributed by atoms with Crippen LogP contribution < -0.4 is 5.32 Å². The highest BCUT2D eigenvalue weighted by atomic mass is 16.5. The van der Waals surface area contributed by atoms with Crippen LogP contribution in [0.3, 0.4) is 0 Å². The van der Waals surface area contributed by atoms with Gasteiger partial charge in [0.15, 0.2) is 0 Å². The Labute approximate surface area is 165 Å². The predicted molar refractivity (Wildman–Crippen MR) is 106 cm³/mol. The Kier molecular flexibility index (Phi) is 6.66. The number of nitrogens with zero attached hydrogens (tertiary/aromatic N) is 1. The monoisotopic (exact) mass is 382 g/mol. The number of hydrogen-bond acceptors (Lipinski definition) is 4. The fourth-order valence-electron chi connectivity index (χ4n) is 3.28. The van der Waals surface area contributed by atoms with E-state index in [9.17, 15) is 14.7 Å². The normalized spacial score (nSPS) is 16.0. The number of phenolic OH excluding ortho intramolecular Hbond substituents is 1. The molecule has 3 rings (SSSR count). The Balaban J connectivity index is 1.75. The van der Waals surface area contributed by atoms with Crippen LogP contribution in [0.1, 0.15) is 41.3 Å². The Morgan fingerprint density at radius 3 is 2.57 bits per heavy atom. The minimum atomic E-state index is -0.107. The fourth-order valence-corrected chi connectivity index (χ4v) is 3.28. The number of carbonyl (C=O) groups is 2. The van der Waals surface area contributed by atoms with Crippen LogP contribution in [-0.4, -0.2) is 41.1 Å². The molecule has 1 atom stereocenters. The van der Waals surface area contributed by atoms with Gasteiger partial charge in [0.05, 0.1) is 6.10 Å². The number of hydrogen-bond donors (Lipinski definition) is 2. The molecule has 1 aliphatic rings. The molecule has 2 aromatic carbocycles. The molecule has 1 fully saturated rings. The van der Waals surface area contributed by atoms with Crippen LogP contribution in [-0.2, 0) is 22.6 Å². The molecule has 0 aromatic heterocycles. The van der Waals surface area contributed by atoms with Crippen LogP contribution in [0.25, 0.3) is 0 Å². The van der Waals surface area contributed by atoms with Crippen LogP contribution in [0, 0.1) is 0 Å². The summed E-state index contributed by atoms with van der Waals surface area (Å²) in [4.78, 5) is 25.9. The molecule has 6 heteroatoms. The van der Waals surface area contributed by atoms with E-state index in [4.69, 9.17) is 4.74 Å². The van der Waals surface area contributed by atoms with Gasteiger partial charge in [-0.15, -0.1) is 0 Å². The lowest BCUT2D eigenvalue weighted by molar-refractivity contribution is -0.119. The fraction of sp³-hybridized carbons (Fsp3) is 0.364. The number of rotatable bonds is 7. The number of aromatic hydroxyl groups is 1. The van der Waals surface area contributed by atoms with Crippen molar-refractivity contribution in [3.05, 3.63) is 65.2 Å². The zero-order chi connectivity index (χ0) is 19.9. The summed E-state index contributed by atoms with van der Waals surface area (Å²) in [5, 5.41) is 12.9. The number of benzene rings is 2. The topological polar surface area (TPSA) is 78.9 Å². The molecule has 0 radical (unpaired) electrons. The van der Waals surface area contributed by atoms with Gasteiger partial charge in [0.2, 0.25) is 5.91 Å². The predicted octanol–water partition coefficient (Wildman–Crippen LogP) is 2.85. The van der Waals surface area contributed by atoms with Gasteiger partial charge in [0.25, 0.3) is 5.91 Å². The third-order valence-electron chi connectivity index (χ3n) is 4.83. The minimum Gasteiger partial charge on any atom is -0.508 e. The highest BCUT2D eigenvalue weighted by Crippen LogP contribution is 2.22. The zero-order valence-corrected chi connectivity index (χ0v) is 16.1. The van der Waals surface area contributed by atoms with Gasteiger partial charge in [-0.05, 0) is 36.6 Å². The first-order chi connectivity index (χ1) is 13.5. The second-order valence-electron chi connectivity index (χ2n) is 7.06. The number of amides is 2.